The van der Waals surface area contributed by atoms with Gasteiger partial charge in [0, 0.05) is 32.4 Å². The van der Waals surface area contributed by atoms with Crippen LogP contribution in [0.15, 0.2) is 6.33 Å². The van der Waals surface area contributed by atoms with E-state index in [1.807, 2.05) is 13.4 Å². The van der Waals surface area contributed by atoms with Gasteiger partial charge in [-0.05, 0) is 37.9 Å². The molecule has 1 aromatic rings. The van der Waals surface area contributed by atoms with E-state index in [-0.39, 0.29) is 0 Å². The Hall–Kier alpha value is -1.14. The topological polar surface area (TPSA) is 51.1 Å². The smallest absolute Gasteiger partial charge is 0.166 e. The average Bonchev–Trinajstić information content (AvgIpc) is 2.85. The molecule has 19 heavy (non-hydrogen) atoms. The number of imidazole rings is 1. The van der Waals surface area contributed by atoms with E-state index in [9.17, 15) is 0 Å². The summed E-state index contributed by atoms with van der Waals surface area (Å²) in [6, 6.07) is 0. The molecule has 5 nitrogen and oxygen atoms in total. The lowest BCUT2D eigenvalue weighted by molar-refractivity contribution is 0.116. The highest BCUT2D eigenvalue weighted by atomic mass is 32.1. The van der Waals surface area contributed by atoms with E-state index < -0.39 is 0 Å². The lowest BCUT2D eigenvalue weighted by Gasteiger charge is -2.15. The zero-order valence-corrected chi connectivity index (χ0v) is 12.3. The number of nitrogens with one attached hydrogen (secondary N) is 2. The lowest BCUT2D eigenvalue weighted by Crippen LogP contribution is -2.33. The molecular formula is C13H22N4OS. The van der Waals surface area contributed by atoms with Gasteiger partial charge in [-0.25, -0.2) is 4.98 Å². The van der Waals surface area contributed by atoms with Crippen molar-refractivity contribution in [3.05, 3.63) is 17.7 Å². The van der Waals surface area contributed by atoms with E-state index in [1.54, 1.807) is 0 Å². The van der Waals surface area contributed by atoms with Crippen LogP contribution in [0.3, 0.4) is 0 Å². The first-order chi connectivity index (χ1) is 9.31. The van der Waals surface area contributed by atoms with Gasteiger partial charge in [0.25, 0.3) is 0 Å². The molecule has 2 heterocycles. The Morgan fingerprint density at radius 2 is 2.42 bits per heavy atom. The van der Waals surface area contributed by atoms with Gasteiger partial charge < -0.3 is 19.9 Å². The molecule has 2 N–H and O–H groups in total. The number of thiocarbonyl (C=S) groups is 1. The Morgan fingerprint density at radius 3 is 3.26 bits per heavy atom. The summed E-state index contributed by atoms with van der Waals surface area (Å²) < 4.78 is 7.94. The van der Waals surface area contributed by atoms with Gasteiger partial charge in [-0.2, -0.15) is 0 Å². The number of nitrogens with zero attached hydrogens (tertiary/aromatic N) is 2. The van der Waals surface area contributed by atoms with Crippen LogP contribution in [0.1, 0.15) is 30.7 Å². The van der Waals surface area contributed by atoms with Crippen LogP contribution in [0, 0.1) is 0 Å². The Morgan fingerprint density at radius 1 is 1.53 bits per heavy atom. The molecule has 0 spiro atoms. The second-order valence-corrected chi connectivity index (χ2v) is 5.11. The van der Waals surface area contributed by atoms with Crippen LogP contribution in [-0.4, -0.2) is 34.9 Å². The van der Waals surface area contributed by atoms with Crippen LogP contribution in [-0.2, 0) is 24.3 Å². The maximum Gasteiger partial charge on any atom is 0.166 e. The zero-order chi connectivity index (χ0) is 13.5. The Kier molecular flexibility index (Phi) is 5.60. The van der Waals surface area contributed by atoms with Crippen molar-refractivity contribution in [2.24, 2.45) is 0 Å². The van der Waals surface area contributed by atoms with Gasteiger partial charge >= 0.3 is 0 Å². The van der Waals surface area contributed by atoms with Crippen molar-refractivity contribution in [1.82, 2.24) is 20.2 Å². The Bertz CT molecular complexity index is 419. The fourth-order valence-electron chi connectivity index (χ4n) is 2.26. The molecule has 106 valence electrons. The third-order valence-corrected chi connectivity index (χ3v) is 3.66. The van der Waals surface area contributed by atoms with E-state index in [0.29, 0.717) is 11.7 Å². The molecule has 0 unspecified atom stereocenters. The van der Waals surface area contributed by atoms with Crippen LogP contribution in [0.5, 0.6) is 0 Å². The van der Waals surface area contributed by atoms with Gasteiger partial charge in [0.15, 0.2) is 5.11 Å². The summed E-state index contributed by atoms with van der Waals surface area (Å²) in [4.78, 5) is 4.45. The Balaban J connectivity index is 1.63. The van der Waals surface area contributed by atoms with E-state index in [2.05, 4.69) is 20.2 Å². The summed E-state index contributed by atoms with van der Waals surface area (Å²) >= 11 is 4.99. The van der Waals surface area contributed by atoms with E-state index in [4.69, 9.17) is 17.0 Å². The summed E-state index contributed by atoms with van der Waals surface area (Å²) in [6.45, 7) is 3.29. The second kappa shape index (κ2) is 7.45. The van der Waals surface area contributed by atoms with E-state index in [0.717, 1.165) is 38.2 Å². The lowest BCUT2D eigenvalue weighted by atomic mass is 10.1. The molecule has 2 rings (SSSR count). The summed E-state index contributed by atoms with van der Waals surface area (Å²) in [5, 5.41) is 6.66. The molecule has 0 saturated carbocycles. The van der Waals surface area contributed by atoms with E-state index in [1.165, 1.54) is 18.5 Å². The summed E-state index contributed by atoms with van der Waals surface area (Å²) in [6.07, 6.45) is 6.55. The molecule has 0 aromatic carbocycles. The summed E-state index contributed by atoms with van der Waals surface area (Å²) in [7, 11) is 1.81. The maximum atomic E-state index is 5.68. The average molecular weight is 282 g/mol. The Labute approximate surface area is 119 Å². The minimum Gasteiger partial charge on any atom is -0.375 e. The fourth-order valence-corrected chi connectivity index (χ4v) is 2.36. The highest BCUT2D eigenvalue weighted by Gasteiger charge is 2.14. The first-order valence-corrected chi connectivity index (χ1v) is 7.28. The first kappa shape index (κ1) is 14.3. The maximum absolute atomic E-state index is 5.68. The van der Waals surface area contributed by atoms with Crippen molar-refractivity contribution < 1.29 is 4.74 Å². The highest BCUT2D eigenvalue weighted by molar-refractivity contribution is 7.80. The molecule has 1 aliphatic rings. The standard InChI is InChI=1S/C13H22N4OS/c1-14-13(19)15-6-4-8-18-9-11-12-5-2-3-7-17(12)10-16-11/h10H,2-9H2,1H3,(H2,14,15,19). The van der Waals surface area contributed by atoms with Gasteiger partial charge in [0.05, 0.1) is 18.6 Å². The second-order valence-electron chi connectivity index (χ2n) is 4.70. The molecule has 0 fully saturated rings. The monoisotopic (exact) mass is 282 g/mol. The SMILES string of the molecule is CNC(=S)NCCCOCc1ncn2c1CCCC2. The van der Waals surface area contributed by atoms with Gasteiger partial charge in [-0.1, -0.05) is 0 Å². The quantitative estimate of drug-likeness (QED) is 0.607. The molecular weight excluding hydrogens is 260 g/mol. The molecule has 6 heteroatoms. The van der Waals surface area contributed by atoms with Gasteiger partial charge in [-0.3, -0.25) is 0 Å². The molecule has 0 bridgehead atoms. The molecule has 1 aliphatic heterocycles. The molecule has 0 radical (unpaired) electrons. The van der Waals surface area contributed by atoms with Crippen molar-refractivity contribution in [2.75, 3.05) is 20.2 Å². The predicted molar refractivity (Wildman–Crippen MR) is 79.1 cm³/mol. The van der Waals surface area contributed by atoms with Crippen LogP contribution in [0.25, 0.3) is 0 Å². The van der Waals surface area contributed by atoms with E-state index >= 15 is 0 Å². The molecule has 0 aliphatic carbocycles. The number of aromatic nitrogens is 2. The third kappa shape index (κ3) is 4.18. The number of rotatable bonds is 6. The van der Waals surface area contributed by atoms with Crippen LogP contribution < -0.4 is 10.6 Å². The summed E-state index contributed by atoms with van der Waals surface area (Å²) in [5.41, 5.74) is 2.47. The minimum atomic E-state index is 0.624. The van der Waals surface area contributed by atoms with Crippen LogP contribution in [0.2, 0.25) is 0 Å². The predicted octanol–water partition coefficient (Wildman–Crippen LogP) is 1.22. The van der Waals surface area contributed by atoms with Crippen molar-refractivity contribution in [3.63, 3.8) is 0 Å². The molecule has 0 amide bonds. The number of hydrogen-bond donors (Lipinski definition) is 2. The van der Waals surface area contributed by atoms with Crippen molar-refractivity contribution in [3.8, 4) is 0 Å². The van der Waals surface area contributed by atoms with Crippen LogP contribution in [0.4, 0.5) is 0 Å². The zero-order valence-electron chi connectivity index (χ0n) is 11.4. The van der Waals surface area contributed by atoms with Crippen molar-refractivity contribution in [2.45, 2.75) is 38.8 Å². The van der Waals surface area contributed by atoms with Gasteiger partial charge in [-0.15, -0.1) is 0 Å². The van der Waals surface area contributed by atoms with Gasteiger partial charge in [0.2, 0.25) is 0 Å². The fraction of sp³-hybridized carbons (Fsp3) is 0.692. The largest absolute Gasteiger partial charge is 0.375 e. The first-order valence-electron chi connectivity index (χ1n) is 6.87. The van der Waals surface area contributed by atoms with Crippen molar-refractivity contribution >= 4 is 17.3 Å². The molecule has 0 atom stereocenters. The number of hydrogen-bond acceptors (Lipinski definition) is 3. The molecule has 1 aromatic heterocycles. The highest BCUT2D eigenvalue weighted by Crippen LogP contribution is 2.18. The number of aryl methyl sites for hydroxylation is 1. The normalized spacial score (nSPS) is 13.9. The molecule has 0 saturated heterocycles. The summed E-state index contributed by atoms with van der Waals surface area (Å²) in [5.74, 6) is 0. The van der Waals surface area contributed by atoms with Crippen molar-refractivity contribution in [1.29, 1.82) is 0 Å². The minimum absolute atomic E-state index is 0.624. The van der Waals surface area contributed by atoms with Gasteiger partial charge in [0.1, 0.15) is 0 Å². The number of fused-ring (bicyclic) bond motifs is 1. The third-order valence-electron chi connectivity index (χ3n) is 3.31. The van der Waals surface area contributed by atoms with Crippen LogP contribution >= 0.6 is 12.2 Å². The number of ether oxygens (including phenoxy) is 1.